The van der Waals surface area contributed by atoms with Crippen molar-refractivity contribution in [3.63, 3.8) is 0 Å². The molecule has 1 aromatic rings. The summed E-state index contributed by atoms with van der Waals surface area (Å²) in [5.41, 5.74) is 6.62. The number of anilines is 1. The topological polar surface area (TPSA) is 55.1 Å². The summed E-state index contributed by atoms with van der Waals surface area (Å²) >= 11 is 7.67. The van der Waals surface area contributed by atoms with Crippen LogP contribution in [0, 0.1) is 0 Å². The molecule has 0 saturated heterocycles. The van der Waals surface area contributed by atoms with Gasteiger partial charge in [0.2, 0.25) is 0 Å². The molecule has 0 aliphatic carbocycles. The van der Waals surface area contributed by atoms with E-state index in [-0.39, 0.29) is 5.91 Å². The minimum absolute atomic E-state index is 0.101. The second kappa shape index (κ2) is 7.45. The molecule has 17 heavy (non-hydrogen) atoms. The second-order valence-corrected chi connectivity index (χ2v) is 5.08. The Morgan fingerprint density at radius 3 is 2.88 bits per heavy atom. The number of benzene rings is 1. The Kier molecular flexibility index (Phi) is 6.22. The first-order chi connectivity index (χ1) is 8.15. The standard InChI is InChI=1S/C12H17ClN2OS/c1-17-7-3-2-6-15-12(16)9-4-5-11(14)10(13)8-9/h4-5,8H,2-3,6-7,14H2,1H3,(H,15,16). The summed E-state index contributed by atoms with van der Waals surface area (Å²) in [5.74, 6) is 1.03. The van der Waals surface area contributed by atoms with Crippen molar-refractivity contribution in [2.75, 3.05) is 24.3 Å². The molecule has 94 valence electrons. The van der Waals surface area contributed by atoms with Crippen LogP contribution in [0.15, 0.2) is 18.2 Å². The van der Waals surface area contributed by atoms with E-state index in [1.807, 2.05) is 11.8 Å². The van der Waals surface area contributed by atoms with E-state index in [9.17, 15) is 4.79 Å². The van der Waals surface area contributed by atoms with Crippen molar-refractivity contribution >= 4 is 35.0 Å². The Morgan fingerprint density at radius 2 is 2.24 bits per heavy atom. The zero-order valence-corrected chi connectivity index (χ0v) is 11.4. The van der Waals surface area contributed by atoms with Crippen LogP contribution in [0.2, 0.25) is 5.02 Å². The first-order valence-electron chi connectivity index (χ1n) is 5.47. The maximum Gasteiger partial charge on any atom is 0.251 e. The fourth-order valence-electron chi connectivity index (χ4n) is 1.34. The van der Waals surface area contributed by atoms with Crippen LogP contribution in [0.3, 0.4) is 0 Å². The van der Waals surface area contributed by atoms with Crippen LogP contribution in [-0.2, 0) is 0 Å². The lowest BCUT2D eigenvalue weighted by Crippen LogP contribution is -2.24. The molecule has 0 unspecified atom stereocenters. The van der Waals surface area contributed by atoms with Crippen molar-refractivity contribution in [2.24, 2.45) is 0 Å². The molecule has 1 aromatic carbocycles. The molecule has 0 radical (unpaired) electrons. The van der Waals surface area contributed by atoms with Crippen LogP contribution in [-0.4, -0.2) is 24.5 Å². The van der Waals surface area contributed by atoms with Crippen molar-refractivity contribution in [3.8, 4) is 0 Å². The maximum absolute atomic E-state index is 11.7. The average Bonchev–Trinajstić information content (AvgIpc) is 2.32. The molecule has 0 spiro atoms. The van der Waals surface area contributed by atoms with Crippen LogP contribution >= 0.6 is 23.4 Å². The molecular formula is C12H17ClN2OS. The van der Waals surface area contributed by atoms with Gasteiger partial charge in [0, 0.05) is 12.1 Å². The molecule has 1 amide bonds. The highest BCUT2D eigenvalue weighted by molar-refractivity contribution is 7.98. The van der Waals surface area contributed by atoms with E-state index in [0.717, 1.165) is 18.6 Å². The van der Waals surface area contributed by atoms with Crippen LogP contribution in [0.1, 0.15) is 23.2 Å². The van der Waals surface area contributed by atoms with Gasteiger partial charge < -0.3 is 11.1 Å². The number of halogens is 1. The molecule has 1 rings (SSSR count). The summed E-state index contributed by atoms with van der Waals surface area (Å²) in [5, 5.41) is 3.27. The number of nitrogens with two attached hydrogens (primary N) is 1. The third kappa shape index (κ3) is 4.88. The summed E-state index contributed by atoms with van der Waals surface area (Å²) in [6.07, 6.45) is 4.19. The van der Waals surface area contributed by atoms with E-state index in [1.165, 1.54) is 0 Å². The van der Waals surface area contributed by atoms with Gasteiger partial charge in [-0.1, -0.05) is 11.6 Å². The summed E-state index contributed by atoms with van der Waals surface area (Å²) < 4.78 is 0. The second-order valence-electron chi connectivity index (χ2n) is 3.69. The number of rotatable bonds is 6. The summed E-state index contributed by atoms with van der Waals surface area (Å²) in [4.78, 5) is 11.7. The Morgan fingerprint density at radius 1 is 1.47 bits per heavy atom. The summed E-state index contributed by atoms with van der Waals surface area (Å²) in [6, 6.07) is 4.91. The van der Waals surface area contributed by atoms with E-state index < -0.39 is 0 Å². The predicted molar refractivity (Wildman–Crippen MR) is 75.8 cm³/mol. The van der Waals surface area contributed by atoms with Gasteiger partial charge in [-0.05, 0) is 43.0 Å². The molecule has 0 aromatic heterocycles. The van der Waals surface area contributed by atoms with Crippen LogP contribution < -0.4 is 11.1 Å². The highest BCUT2D eigenvalue weighted by Crippen LogP contribution is 2.19. The lowest BCUT2D eigenvalue weighted by atomic mass is 10.2. The third-order valence-electron chi connectivity index (χ3n) is 2.32. The Balaban J connectivity index is 2.39. The van der Waals surface area contributed by atoms with E-state index in [4.69, 9.17) is 17.3 Å². The molecule has 3 nitrogen and oxygen atoms in total. The Hall–Kier alpha value is -0.870. The monoisotopic (exact) mass is 272 g/mol. The zero-order valence-electron chi connectivity index (χ0n) is 9.83. The highest BCUT2D eigenvalue weighted by atomic mass is 35.5. The molecule has 0 atom stereocenters. The number of nitrogen functional groups attached to an aromatic ring is 1. The largest absolute Gasteiger partial charge is 0.398 e. The number of thioether (sulfide) groups is 1. The quantitative estimate of drug-likeness (QED) is 0.618. The molecule has 0 aliphatic rings. The number of hydrogen-bond acceptors (Lipinski definition) is 3. The van der Waals surface area contributed by atoms with Crippen molar-refractivity contribution in [1.82, 2.24) is 5.32 Å². The molecule has 0 bridgehead atoms. The number of carbonyl (C=O) groups is 1. The van der Waals surface area contributed by atoms with Gasteiger partial charge in [0.15, 0.2) is 0 Å². The molecular weight excluding hydrogens is 256 g/mol. The van der Waals surface area contributed by atoms with E-state index in [2.05, 4.69) is 11.6 Å². The normalized spacial score (nSPS) is 10.2. The number of hydrogen-bond donors (Lipinski definition) is 2. The van der Waals surface area contributed by atoms with E-state index in [1.54, 1.807) is 18.2 Å². The third-order valence-corrected chi connectivity index (χ3v) is 3.35. The molecule has 5 heteroatoms. The van der Waals surface area contributed by atoms with Gasteiger partial charge in [-0.15, -0.1) is 0 Å². The summed E-state index contributed by atoms with van der Waals surface area (Å²) in [6.45, 7) is 0.696. The molecule has 0 aliphatic heterocycles. The highest BCUT2D eigenvalue weighted by Gasteiger charge is 2.06. The number of unbranched alkanes of at least 4 members (excludes halogenated alkanes) is 1. The smallest absolute Gasteiger partial charge is 0.251 e. The maximum atomic E-state index is 11.7. The zero-order chi connectivity index (χ0) is 12.7. The van der Waals surface area contributed by atoms with Gasteiger partial charge in [-0.2, -0.15) is 11.8 Å². The van der Waals surface area contributed by atoms with Gasteiger partial charge in [0.1, 0.15) is 0 Å². The van der Waals surface area contributed by atoms with Crippen LogP contribution in [0.4, 0.5) is 5.69 Å². The minimum Gasteiger partial charge on any atom is -0.398 e. The Labute approximate surface area is 111 Å². The molecule has 3 N–H and O–H groups in total. The average molecular weight is 273 g/mol. The number of nitrogens with one attached hydrogen (secondary N) is 1. The molecule has 0 heterocycles. The van der Waals surface area contributed by atoms with Crippen molar-refractivity contribution in [3.05, 3.63) is 28.8 Å². The van der Waals surface area contributed by atoms with Crippen LogP contribution in [0.5, 0.6) is 0 Å². The van der Waals surface area contributed by atoms with E-state index in [0.29, 0.717) is 22.8 Å². The SMILES string of the molecule is CSCCCCNC(=O)c1ccc(N)c(Cl)c1. The predicted octanol–water partition coefficient (Wildman–Crippen LogP) is 2.80. The molecule has 0 fully saturated rings. The van der Waals surface area contributed by atoms with Gasteiger partial charge in [-0.25, -0.2) is 0 Å². The first kappa shape index (κ1) is 14.2. The van der Waals surface area contributed by atoms with Crippen molar-refractivity contribution in [2.45, 2.75) is 12.8 Å². The van der Waals surface area contributed by atoms with Crippen LogP contribution in [0.25, 0.3) is 0 Å². The lowest BCUT2D eigenvalue weighted by molar-refractivity contribution is 0.0953. The van der Waals surface area contributed by atoms with Crippen molar-refractivity contribution < 1.29 is 4.79 Å². The van der Waals surface area contributed by atoms with Gasteiger partial charge >= 0.3 is 0 Å². The van der Waals surface area contributed by atoms with Gasteiger partial charge in [-0.3, -0.25) is 4.79 Å². The van der Waals surface area contributed by atoms with Gasteiger partial charge in [0.25, 0.3) is 5.91 Å². The first-order valence-corrected chi connectivity index (χ1v) is 7.24. The Bertz CT molecular complexity index is 385. The van der Waals surface area contributed by atoms with Gasteiger partial charge in [0.05, 0.1) is 10.7 Å². The van der Waals surface area contributed by atoms with Crippen molar-refractivity contribution in [1.29, 1.82) is 0 Å². The minimum atomic E-state index is -0.101. The fourth-order valence-corrected chi connectivity index (χ4v) is 2.02. The number of amides is 1. The van der Waals surface area contributed by atoms with E-state index >= 15 is 0 Å². The number of carbonyl (C=O) groups excluding carboxylic acids is 1. The lowest BCUT2D eigenvalue weighted by Gasteiger charge is -2.06. The molecule has 0 saturated carbocycles. The fraction of sp³-hybridized carbons (Fsp3) is 0.417. The summed E-state index contributed by atoms with van der Waals surface area (Å²) in [7, 11) is 0.